The van der Waals surface area contributed by atoms with Gasteiger partial charge < -0.3 is 15.7 Å². The van der Waals surface area contributed by atoms with Crippen molar-refractivity contribution in [3.63, 3.8) is 0 Å². The summed E-state index contributed by atoms with van der Waals surface area (Å²) in [4.78, 5) is 35.6. The van der Waals surface area contributed by atoms with Gasteiger partial charge in [-0.3, -0.25) is 14.4 Å². The number of likely N-dealkylation sites (tertiary alicyclic amines) is 1. The van der Waals surface area contributed by atoms with E-state index in [4.69, 9.17) is 10.8 Å². The summed E-state index contributed by atoms with van der Waals surface area (Å²) in [5, 5.41) is 9.02. The fourth-order valence-corrected chi connectivity index (χ4v) is 2.31. The Morgan fingerprint density at radius 3 is 2.06 bits per heavy atom. The van der Waals surface area contributed by atoms with Crippen molar-refractivity contribution in [2.24, 2.45) is 17.1 Å². The first-order valence-corrected chi connectivity index (χ1v) is 5.79. The minimum Gasteiger partial charge on any atom is -0.480 e. The Morgan fingerprint density at radius 1 is 1.18 bits per heavy atom. The quantitative estimate of drug-likeness (QED) is 0.654. The number of piperidine rings is 1. The van der Waals surface area contributed by atoms with E-state index in [-0.39, 0.29) is 17.7 Å². The summed E-state index contributed by atoms with van der Waals surface area (Å²) in [6.45, 7) is 0.864. The maximum absolute atomic E-state index is 12.0. The molecular weight excluding hydrogens is 224 g/mol. The van der Waals surface area contributed by atoms with E-state index in [0.717, 1.165) is 0 Å². The van der Waals surface area contributed by atoms with Crippen LogP contribution in [0.1, 0.15) is 25.7 Å². The van der Waals surface area contributed by atoms with Crippen molar-refractivity contribution < 1.29 is 19.5 Å². The number of hydrogen-bond donors (Lipinski definition) is 2. The van der Waals surface area contributed by atoms with Crippen molar-refractivity contribution in [1.82, 2.24) is 4.90 Å². The van der Waals surface area contributed by atoms with E-state index in [1.807, 2.05) is 0 Å². The predicted molar refractivity (Wildman–Crippen MR) is 57.8 cm³/mol. The lowest BCUT2D eigenvalue weighted by molar-refractivity contribution is -0.154. The molecule has 0 spiro atoms. The van der Waals surface area contributed by atoms with Crippen molar-refractivity contribution >= 4 is 17.8 Å². The molecule has 0 aromatic heterocycles. The maximum Gasteiger partial charge on any atom is 0.319 e. The van der Waals surface area contributed by atoms with Crippen LogP contribution in [0.2, 0.25) is 0 Å². The minimum absolute atomic E-state index is 0.181. The second-order valence-corrected chi connectivity index (χ2v) is 4.86. The molecule has 0 bridgehead atoms. The zero-order chi connectivity index (χ0) is 12.6. The van der Waals surface area contributed by atoms with Crippen molar-refractivity contribution in [2.75, 3.05) is 13.1 Å². The van der Waals surface area contributed by atoms with E-state index >= 15 is 0 Å². The second kappa shape index (κ2) is 4.01. The van der Waals surface area contributed by atoms with E-state index in [0.29, 0.717) is 38.8 Å². The number of aliphatic carboxylic acids is 1. The molecule has 0 aromatic rings. The standard InChI is InChI=1S/C11H16N2O4/c12-8(14)7-1-5-13(6-2-7)9(15)11(3-4-11)10(16)17/h7H,1-6H2,(H2,12,14)(H,16,17). The molecule has 1 saturated heterocycles. The van der Waals surface area contributed by atoms with Gasteiger partial charge in [0.1, 0.15) is 5.41 Å². The van der Waals surface area contributed by atoms with Gasteiger partial charge in [-0.1, -0.05) is 0 Å². The van der Waals surface area contributed by atoms with Gasteiger partial charge in [-0.2, -0.15) is 0 Å². The number of primary amides is 1. The van der Waals surface area contributed by atoms with Crippen LogP contribution < -0.4 is 5.73 Å². The summed E-state index contributed by atoms with van der Waals surface area (Å²) < 4.78 is 0. The summed E-state index contributed by atoms with van der Waals surface area (Å²) >= 11 is 0. The van der Waals surface area contributed by atoms with Gasteiger partial charge in [-0.05, 0) is 25.7 Å². The minimum atomic E-state index is -1.17. The highest BCUT2D eigenvalue weighted by molar-refractivity contribution is 6.04. The molecule has 1 heterocycles. The van der Waals surface area contributed by atoms with Crippen LogP contribution in [-0.4, -0.2) is 40.9 Å². The number of amides is 2. The molecule has 1 aliphatic heterocycles. The third-order valence-corrected chi connectivity index (χ3v) is 3.75. The summed E-state index contributed by atoms with van der Waals surface area (Å²) in [7, 11) is 0. The average molecular weight is 240 g/mol. The van der Waals surface area contributed by atoms with E-state index in [1.165, 1.54) is 0 Å². The van der Waals surface area contributed by atoms with Crippen LogP contribution >= 0.6 is 0 Å². The van der Waals surface area contributed by atoms with Gasteiger partial charge in [0.2, 0.25) is 11.8 Å². The highest BCUT2D eigenvalue weighted by atomic mass is 16.4. The number of carbonyl (C=O) groups excluding carboxylic acids is 2. The smallest absolute Gasteiger partial charge is 0.319 e. The Morgan fingerprint density at radius 2 is 1.71 bits per heavy atom. The molecule has 3 N–H and O–H groups in total. The molecule has 17 heavy (non-hydrogen) atoms. The monoisotopic (exact) mass is 240 g/mol. The third kappa shape index (κ3) is 1.99. The zero-order valence-electron chi connectivity index (χ0n) is 9.52. The second-order valence-electron chi connectivity index (χ2n) is 4.86. The number of nitrogens with two attached hydrogens (primary N) is 1. The summed E-state index contributed by atoms with van der Waals surface area (Å²) in [6.07, 6.45) is 1.93. The first-order valence-electron chi connectivity index (χ1n) is 5.79. The topological polar surface area (TPSA) is 101 Å². The predicted octanol–water partition coefficient (Wildman–Crippen LogP) is -0.425. The average Bonchev–Trinajstić information content (AvgIpc) is 3.09. The van der Waals surface area contributed by atoms with Gasteiger partial charge in [0, 0.05) is 19.0 Å². The van der Waals surface area contributed by atoms with Gasteiger partial charge >= 0.3 is 5.97 Å². The van der Waals surface area contributed by atoms with Crippen molar-refractivity contribution in [1.29, 1.82) is 0 Å². The molecular formula is C11H16N2O4. The highest BCUT2D eigenvalue weighted by Crippen LogP contribution is 2.47. The van der Waals surface area contributed by atoms with Crippen LogP contribution in [0.5, 0.6) is 0 Å². The Hall–Kier alpha value is -1.59. The van der Waals surface area contributed by atoms with E-state index < -0.39 is 11.4 Å². The number of carbonyl (C=O) groups is 3. The molecule has 1 aliphatic carbocycles. The lowest BCUT2D eigenvalue weighted by Gasteiger charge is -2.32. The number of rotatable bonds is 3. The number of nitrogens with zero attached hydrogens (tertiary/aromatic N) is 1. The molecule has 6 nitrogen and oxygen atoms in total. The van der Waals surface area contributed by atoms with Crippen LogP contribution in [0.25, 0.3) is 0 Å². The Kier molecular flexibility index (Phi) is 2.81. The summed E-state index contributed by atoms with van der Waals surface area (Å²) in [5.41, 5.74) is 4.03. The van der Waals surface area contributed by atoms with Crippen LogP contribution in [0.3, 0.4) is 0 Å². The lowest BCUT2D eigenvalue weighted by atomic mass is 9.94. The van der Waals surface area contributed by atoms with Crippen molar-refractivity contribution in [3.05, 3.63) is 0 Å². The fraction of sp³-hybridized carbons (Fsp3) is 0.727. The maximum atomic E-state index is 12.0. The number of carboxylic acids is 1. The van der Waals surface area contributed by atoms with Gasteiger partial charge in [-0.15, -0.1) is 0 Å². The molecule has 1 saturated carbocycles. The van der Waals surface area contributed by atoms with E-state index in [2.05, 4.69) is 0 Å². The SMILES string of the molecule is NC(=O)C1CCN(C(=O)C2(C(=O)O)CC2)CC1. The van der Waals surface area contributed by atoms with Gasteiger partial charge in [0.25, 0.3) is 0 Å². The van der Waals surface area contributed by atoms with Gasteiger partial charge in [0.15, 0.2) is 0 Å². The Balaban J connectivity index is 1.96. The Bertz CT molecular complexity index is 368. The van der Waals surface area contributed by atoms with Gasteiger partial charge in [-0.25, -0.2) is 0 Å². The summed E-state index contributed by atoms with van der Waals surface area (Å²) in [6, 6.07) is 0. The molecule has 2 rings (SSSR count). The Labute approximate surface area is 98.8 Å². The first kappa shape index (κ1) is 11.9. The molecule has 94 valence electrons. The molecule has 2 amide bonds. The largest absolute Gasteiger partial charge is 0.480 e. The van der Waals surface area contributed by atoms with Crippen molar-refractivity contribution in [2.45, 2.75) is 25.7 Å². The molecule has 0 unspecified atom stereocenters. The van der Waals surface area contributed by atoms with Crippen LogP contribution in [0.15, 0.2) is 0 Å². The molecule has 6 heteroatoms. The first-order chi connectivity index (χ1) is 7.97. The molecule has 0 aromatic carbocycles. The zero-order valence-corrected chi connectivity index (χ0v) is 9.52. The van der Waals surface area contributed by atoms with Crippen LogP contribution in [-0.2, 0) is 14.4 Å². The normalized spacial score (nSPS) is 23.2. The van der Waals surface area contributed by atoms with Gasteiger partial charge in [0.05, 0.1) is 0 Å². The number of carboxylic acid groups (broad SMARTS) is 1. The lowest BCUT2D eigenvalue weighted by Crippen LogP contribution is -2.46. The summed E-state index contributed by atoms with van der Waals surface area (Å²) in [5.74, 6) is -1.84. The molecule has 2 fully saturated rings. The number of hydrogen-bond acceptors (Lipinski definition) is 3. The van der Waals surface area contributed by atoms with Crippen LogP contribution in [0, 0.1) is 11.3 Å². The van der Waals surface area contributed by atoms with Crippen LogP contribution in [0.4, 0.5) is 0 Å². The third-order valence-electron chi connectivity index (χ3n) is 3.75. The van der Waals surface area contributed by atoms with E-state index in [1.54, 1.807) is 4.90 Å². The molecule has 0 radical (unpaired) electrons. The van der Waals surface area contributed by atoms with Crippen molar-refractivity contribution in [3.8, 4) is 0 Å². The molecule has 0 atom stereocenters. The highest BCUT2D eigenvalue weighted by Gasteiger charge is 2.58. The fourth-order valence-electron chi connectivity index (χ4n) is 2.31. The molecule has 2 aliphatic rings. The van der Waals surface area contributed by atoms with E-state index in [9.17, 15) is 14.4 Å².